The zero-order valence-corrected chi connectivity index (χ0v) is 15.2. The summed E-state index contributed by atoms with van der Waals surface area (Å²) >= 11 is 0.885. The highest BCUT2D eigenvalue weighted by molar-refractivity contribution is 7.17. The van der Waals surface area contributed by atoms with Gasteiger partial charge in [-0.05, 0) is 0 Å². The van der Waals surface area contributed by atoms with E-state index in [1.165, 1.54) is 24.7 Å². The lowest BCUT2D eigenvalue weighted by atomic mass is 10.0. The number of nitrogens with two attached hydrogens (primary N) is 1. The molecule has 2 N–H and O–H groups in total. The number of hydrogen-bond donors (Lipinski definition) is 1. The second-order valence-electron chi connectivity index (χ2n) is 5.95. The summed E-state index contributed by atoms with van der Waals surface area (Å²) in [4.78, 5) is 42.8. The number of carbonyl (C=O) groups is 2. The molecule has 140 valence electrons. The Morgan fingerprint density at radius 2 is 2.08 bits per heavy atom. The third kappa shape index (κ3) is 3.27. The maximum atomic E-state index is 12.5. The van der Waals surface area contributed by atoms with Gasteiger partial charge in [-0.3, -0.25) is 19.0 Å². The summed E-state index contributed by atoms with van der Waals surface area (Å²) in [6, 6.07) is 0. The van der Waals surface area contributed by atoms with E-state index in [9.17, 15) is 14.4 Å². The molecule has 11 heteroatoms. The number of nitrogen functional groups attached to an aromatic ring is 1. The highest BCUT2D eigenvalue weighted by Crippen LogP contribution is 2.37. The fourth-order valence-electron chi connectivity index (χ4n) is 2.90. The van der Waals surface area contributed by atoms with Gasteiger partial charge in [-0.25, -0.2) is 9.97 Å². The van der Waals surface area contributed by atoms with Crippen molar-refractivity contribution in [3.05, 3.63) is 16.0 Å². The molecule has 1 unspecified atom stereocenters. The first kappa shape index (κ1) is 18.3. The van der Waals surface area contributed by atoms with Crippen molar-refractivity contribution < 1.29 is 23.8 Å². The average Bonchev–Trinajstić information content (AvgIpc) is 3.04. The number of ether oxygens (including phenoxy) is 3. The smallest absolute Gasteiger partial charge is 0.311 e. The molecule has 3 heterocycles. The highest BCUT2D eigenvalue weighted by atomic mass is 32.1. The standard InChI is InChI=1S/C15H18N4O6S/c1-6-9(4-23-7(2)20)25-14(10(6)24-8(3)21)19-13-11(26-15(19)22)12(16)17-5-18-13/h5-6,9-10,14H,4H2,1-3H3,(H2,16,17,18)/t6?,9-,10-,14-/m1/s1. The van der Waals surface area contributed by atoms with Gasteiger partial charge in [-0.2, -0.15) is 0 Å². The summed E-state index contributed by atoms with van der Waals surface area (Å²) in [5.74, 6) is -1.09. The van der Waals surface area contributed by atoms with Crippen molar-refractivity contribution in [3.63, 3.8) is 0 Å². The Morgan fingerprint density at radius 1 is 1.35 bits per heavy atom. The van der Waals surface area contributed by atoms with Crippen molar-refractivity contribution in [1.29, 1.82) is 0 Å². The van der Waals surface area contributed by atoms with Crippen LogP contribution in [0.1, 0.15) is 27.0 Å². The molecule has 0 amide bonds. The molecule has 1 saturated heterocycles. The van der Waals surface area contributed by atoms with Gasteiger partial charge in [0.25, 0.3) is 0 Å². The van der Waals surface area contributed by atoms with Gasteiger partial charge in [0.2, 0.25) is 0 Å². The number of fused-ring (bicyclic) bond motifs is 1. The van der Waals surface area contributed by atoms with Crippen LogP contribution >= 0.6 is 11.3 Å². The Bertz CT molecular complexity index is 909. The van der Waals surface area contributed by atoms with Crippen LogP contribution < -0.4 is 10.6 Å². The minimum absolute atomic E-state index is 0.0152. The molecule has 10 nitrogen and oxygen atoms in total. The van der Waals surface area contributed by atoms with E-state index in [2.05, 4.69) is 9.97 Å². The number of aromatic nitrogens is 3. The fourth-order valence-corrected chi connectivity index (χ4v) is 3.76. The van der Waals surface area contributed by atoms with Crippen molar-refractivity contribution >= 4 is 39.4 Å². The number of carbonyl (C=O) groups excluding carboxylic acids is 2. The van der Waals surface area contributed by atoms with E-state index in [1.807, 2.05) is 0 Å². The Kier molecular flexibility index (Phi) is 4.92. The molecule has 0 saturated carbocycles. The molecular weight excluding hydrogens is 364 g/mol. The lowest BCUT2D eigenvalue weighted by molar-refractivity contribution is -0.153. The Morgan fingerprint density at radius 3 is 2.73 bits per heavy atom. The van der Waals surface area contributed by atoms with E-state index in [0.29, 0.717) is 10.3 Å². The zero-order valence-electron chi connectivity index (χ0n) is 14.4. The van der Waals surface area contributed by atoms with E-state index in [4.69, 9.17) is 19.9 Å². The maximum absolute atomic E-state index is 12.5. The summed E-state index contributed by atoms with van der Waals surface area (Å²) in [6.07, 6.45) is -0.963. The van der Waals surface area contributed by atoms with Crippen LogP contribution in [0, 0.1) is 5.92 Å². The first-order valence-electron chi connectivity index (χ1n) is 7.87. The van der Waals surface area contributed by atoms with Crippen LogP contribution in [0.4, 0.5) is 5.82 Å². The van der Waals surface area contributed by atoms with Crippen LogP contribution in [0.15, 0.2) is 11.1 Å². The molecule has 0 bridgehead atoms. The van der Waals surface area contributed by atoms with Crippen molar-refractivity contribution in [2.75, 3.05) is 12.3 Å². The molecule has 0 radical (unpaired) electrons. The third-order valence-corrected chi connectivity index (χ3v) is 5.10. The van der Waals surface area contributed by atoms with Gasteiger partial charge < -0.3 is 19.9 Å². The summed E-state index contributed by atoms with van der Waals surface area (Å²) in [7, 11) is 0. The minimum Gasteiger partial charge on any atom is -0.463 e. The molecule has 4 atom stereocenters. The fraction of sp³-hybridized carbons (Fsp3) is 0.533. The van der Waals surface area contributed by atoms with Gasteiger partial charge >= 0.3 is 16.8 Å². The number of thiazole rings is 1. The maximum Gasteiger partial charge on any atom is 0.311 e. The van der Waals surface area contributed by atoms with Crippen molar-refractivity contribution in [3.8, 4) is 0 Å². The molecule has 1 aliphatic rings. The minimum atomic E-state index is -0.912. The summed E-state index contributed by atoms with van der Waals surface area (Å²) in [6.45, 7) is 4.35. The van der Waals surface area contributed by atoms with E-state index < -0.39 is 30.4 Å². The molecule has 0 aliphatic carbocycles. The highest BCUT2D eigenvalue weighted by Gasteiger charge is 2.47. The average molecular weight is 382 g/mol. The van der Waals surface area contributed by atoms with Gasteiger partial charge in [0.05, 0.1) is 0 Å². The Balaban J connectivity index is 2.02. The van der Waals surface area contributed by atoms with Crippen LogP contribution in [0.25, 0.3) is 10.3 Å². The Labute approximate surface area is 151 Å². The molecule has 1 aliphatic heterocycles. The zero-order chi connectivity index (χ0) is 19.0. The normalized spacial score (nSPS) is 25.3. The monoisotopic (exact) mass is 382 g/mol. The van der Waals surface area contributed by atoms with Crippen molar-refractivity contribution in [1.82, 2.24) is 14.5 Å². The van der Waals surface area contributed by atoms with Gasteiger partial charge in [0.1, 0.15) is 29.6 Å². The number of esters is 2. The quantitative estimate of drug-likeness (QED) is 0.748. The van der Waals surface area contributed by atoms with Crippen molar-refractivity contribution in [2.24, 2.45) is 5.92 Å². The van der Waals surface area contributed by atoms with Crippen LogP contribution in [0.2, 0.25) is 0 Å². The second-order valence-corrected chi connectivity index (χ2v) is 6.91. The molecule has 0 spiro atoms. The summed E-state index contributed by atoms with van der Waals surface area (Å²) in [5, 5.41) is 0. The van der Waals surface area contributed by atoms with E-state index >= 15 is 0 Å². The molecule has 2 aromatic rings. The van der Waals surface area contributed by atoms with Crippen LogP contribution in [0.5, 0.6) is 0 Å². The van der Waals surface area contributed by atoms with Gasteiger partial charge in [0, 0.05) is 19.8 Å². The van der Waals surface area contributed by atoms with Gasteiger partial charge in [0.15, 0.2) is 18.0 Å². The molecular formula is C15H18N4O6S. The number of nitrogens with zero attached hydrogens (tertiary/aromatic N) is 3. The van der Waals surface area contributed by atoms with Crippen molar-refractivity contribution in [2.45, 2.75) is 39.2 Å². The lowest BCUT2D eigenvalue weighted by Gasteiger charge is -2.21. The Hall–Kier alpha value is -2.53. The van der Waals surface area contributed by atoms with E-state index in [1.54, 1.807) is 6.92 Å². The van der Waals surface area contributed by atoms with E-state index in [-0.39, 0.29) is 23.2 Å². The lowest BCUT2D eigenvalue weighted by Crippen LogP contribution is -2.33. The number of rotatable bonds is 4. The first-order valence-corrected chi connectivity index (χ1v) is 8.68. The molecule has 3 rings (SSSR count). The SMILES string of the molecule is CC(=O)OC[C@H]1O[C@@H](n2c(=O)sc3c(N)ncnc32)[C@H](OC(C)=O)C1C. The number of hydrogen-bond acceptors (Lipinski definition) is 10. The first-order chi connectivity index (χ1) is 12.3. The molecule has 1 fully saturated rings. The van der Waals surface area contributed by atoms with Gasteiger partial charge in [-0.15, -0.1) is 0 Å². The van der Waals surface area contributed by atoms with Crippen LogP contribution in [0.3, 0.4) is 0 Å². The van der Waals surface area contributed by atoms with Crippen LogP contribution in [-0.4, -0.2) is 45.3 Å². The predicted molar refractivity (Wildman–Crippen MR) is 91.3 cm³/mol. The molecule has 2 aromatic heterocycles. The van der Waals surface area contributed by atoms with E-state index in [0.717, 1.165) is 11.3 Å². The third-order valence-electron chi connectivity index (χ3n) is 4.13. The second kappa shape index (κ2) is 7.00. The topological polar surface area (TPSA) is 136 Å². The summed E-state index contributed by atoms with van der Waals surface area (Å²) in [5.41, 5.74) is 6.11. The largest absolute Gasteiger partial charge is 0.463 e. The summed E-state index contributed by atoms with van der Waals surface area (Å²) < 4.78 is 18.1. The number of anilines is 1. The van der Waals surface area contributed by atoms with Gasteiger partial charge in [-0.1, -0.05) is 18.3 Å². The molecule has 0 aromatic carbocycles. The predicted octanol–water partition coefficient (Wildman–Crippen LogP) is 0.463. The molecule has 26 heavy (non-hydrogen) atoms. The van der Waals surface area contributed by atoms with Crippen LogP contribution in [-0.2, 0) is 23.8 Å².